The van der Waals surface area contributed by atoms with Crippen LogP contribution in [0.1, 0.15) is 11.7 Å². The molecule has 0 aromatic heterocycles. The van der Waals surface area contributed by atoms with Gasteiger partial charge >= 0.3 is 5.97 Å². The summed E-state index contributed by atoms with van der Waals surface area (Å²) in [5.74, 6) is -0.449. The van der Waals surface area contributed by atoms with Crippen LogP contribution in [0.25, 0.3) is 0 Å². The summed E-state index contributed by atoms with van der Waals surface area (Å²) in [4.78, 5) is 10.9. The van der Waals surface area contributed by atoms with Crippen LogP contribution < -0.4 is 0 Å². The summed E-state index contributed by atoms with van der Waals surface area (Å²) < 4.78 is 5.00. The predicted molar refractivity (Wildman–Crippen MR) is 49.2 cm³/mol. The molecule has 1 aliphatic heterocycles. The predicted octanol–water partition coefficient (Wildman–Crippen LogP) is 2.41. The standard InChI is InChI=1S/C10H7ClO2/c11-8-6-9(13-10(8)12)7-4-2-1-3-5-7/h1-6,9H. The molecular formula is C10H7ClO2. The van der Waals surface area contributed by atoms with Crippen molar-refractivity contribution in [1.29, 1.82) is 0 Å². The molecule has 0 saturated carbocycles. The number of carbonyl (C=O) groups excluding carboxylic acids is 1. The van der Waals surface area contributed by atoms with Gasteiger partial charge in [-0.2, -0.15) is 0 Å². The highest BCUT2D eigenvalue weighted by Crippen LogP contribution is 2.28. The Balaban J connectivity index is 2.27. The molecule has 0 bridgehead atoms. The maximum absolute atomic E-state index is 10.9. The molecule has 0 saturated heterocycles. The smallest absolute Gasteiger partial charge is 0.350 e. The Kier molecular flexibility index (Phi) is 2.07. The van der Waals surface area contributed by atoms with Gasteiger partial charge in [0.05, 0.1) is 0 Å². The fourth-order valence-electron chi connectivity index (χ4n) is 1.21. The lowest BCUT2D eigenvalue weighted by Crippen LogP contribution is -2.00. The minimum Gasteiger partial charge on any atom is -0.449 e. The zero-order valence-corrected chi connectivity index (χ0v) is 7.49. The number of hydrogen-bond donors (Lipinski definition) is 0. The van der Waals surface area contributed by atoms with Crippen LogP contribution in [0.15, 0.2) is 41.4 Å². The molecule has 0 N–H and O–H groups in total. The Morgan fingerprint density at radius 1 is 1.23 bits per heavy atom. The summed E-state index contributed by atoms with van der Waals surface area (Å²) in [7, 11) is 0. The van der Waals surface area contributed by atoms with E-state index in [1.54, 1.807) is 6.08 Å². The molecule has 3 heteroatoms. The van der Waals surface area contributed by atoms with Crippen LogP contribution in [0.4, 0.5) is 0 Å². The first kappa shape index (κ1) is 8.32. The molecule has 66 valence electrons. The van der Waals surface area contributed by atoms with Crippen molar-refractivity contribution in [3.05, 3.63) is 47.0 Å². The molecule has 1 heterocycles. The van der Waals surface area contributed by atoms with Gasteiger partial charge in [-0.25, -0.2) is 4.79 Å². The van der Waals surface area contributed by atoms with E-state index < -0.39 is 5.97 Å². The van der Waals surface area contributed by atoms with E-state index in [0.29, 0.717) is 0 Å². The van der Waals surface area contributed by atoms with E-state index in [0.717, 1.165) is 5.56 Å². The van der Waals surface area contributed by atoms with Crippen molar-refractivity contribution in [1.82, 2.24) is 0 Å². The highest BCUT2D eigenvalue weighted by atomic mass is 35.5. The van der Waals surface area contributed by atoms with Gasteiger partial charge in [0.25, 0.3) is 0 Å². The Morgan fingerprint density at radius 3 is 2.46 bits per heavy atom. The Bertz CT molecular complexity index is 356. The summed E-state index contributed by atoms with van der Waals surface area (Å²) >= 11 is 5.59. The van der Waals surface area contributed by atoms with Gasteiger partial charge in [0, 0.05) is 0 Å². The van der Waals surface area contributed by atoms with Gasteiger partial charge in [0.2, 0.25) is 0 Å². The molecule has 0 radical (unpaired) electrons. The third kappa shape index (κ3) is 1.58. The Labute approximate surface area is 80.8 Å². The second kappa shape index (κ2) is 3.23. The van der Waals surface area contributed by atoms with Gasteiger partial charge in [-0.05, 0) is 11.6 Å². The number of rotatable bonds is 1. The maximum Gasteiger partial charge on any atom is 0.350 e. The largest absolute Gasteiger partial charge is 0.449 e. The van der Waals surface area contributed by atoms with Crippen molar-refractivity contribution < 1.29 is 9.53 Å². The minimum atomic E-state index is -0.449. The molecule has 1 aliphatic rings. The van der Waals surface area contributed by atoms with E-state index in [1.807, 2.05) is 30.3 Å². The zero-order chi connectivity index (χ0) is 9.26. The lowest BCUT2D eigenvalue weighted by molar-refractivity contribution is -0.139. The average molecular weight is 195 g/mol. The second-order valence-electron chi connectivity index (χ2n) is 2.75. The third-order valence-corrected chi connectivity index (χ3v) is 2.14. The fraction of sp³-hybridized carbons (Fsp3) is 0.100. The van der Waals surface area contributed by atoms with E-state index in [1.165, 1.54) is 0 Å². The van der Waals surface area contributed by atoms with Crippen molar-refractivity contribution in [2.45, 2.75) is 6.10 Å². The van der Waals surface area contributed by atoms with Crippen LogP contribution in [0, 0.1) is 0 Å². The summed E-state index contributed by atoms with van der Waals surface area (Å²) in [6, 6.07) is 9.48. The first-order valence-corrected chi connectivity index (χ1v) is 4.28. The minimum absolute atomic E-state index is 0.161. The number of esters is 1. The van der Waals surface area contributed by atoms with Crippen LogP contribution in [-0.4, -0.2) is 5.97 Å². The highest BCUT2D eigenvalue weighted by molar-refractivity contribution is 6.41. The number of halogens is 1. The molecule has 0 aliphatic carbocycles. The number of carbonyl (C=O) groups is 1. The average Bonchev–Trinajstić information content (AvgIpc) is 2.49. The number of cyclic esters (lactones) is 1. The van der Waals surface area contributed by atoms with Gasteiger partial charge in [0.15, 0.2) is 0 Å². The van der Waals surface area contributed by atoms with Crippen LogP contribution in [0.3, 0.4) is 0 Å². The molecular weight excluding hydrogens is 188 g/mol. The highest BCUT2D eigenvalue weighted by Gasteiger charge is 2.24. The molecule has 1 unspecified atom stereocenters. The Hall–Kier alpha value is -1.28. The molecule has 0 spiro atoms. The molecule has 0 amide bonds. The van der Waals surface area contributed by atoms with Gasteiger partial charge in [-0.3, -0.25) is 0 Å². The first-order chi connectivity index (χ1) is 6.27. The molecule has 13 heavy (non-hydrogen) atoms. The number of hydrogen-bond acceptors (Lipinski definition) is 2. The van der Waals surface area contributed by atoms with Crippen molar-refractivity contribution in [3.8, 4) is 0 Å². The van der Waals surface area contributed by atoms with E-state index in [-0.39, 0.29) is 11.1 Å². The van der Waals surface area contributed by atoms with E-state index >= 15 is 0 Å². The number of benzene rings is 1. The van der Waals surface area contributed by atoms with E-state index in [9.17, 15) is 4.79 Å². The van der Waals surface area contributed by atoms with Crippen molar-refractivity contribution >= 4 is 17.6 Å². The van der Waals surface area contributed by atoms with Crippen LogP contribution >= 0.6 is 11.6 Å². The van der Waals surface area contributed by atoms with Crippen LogP contribution in [-0.2, 0) is 9.53 Å². The molecule has 2 nitrogen and oxygen atoms in total. The molecule has 0 fully saturated rings. The molecule has 1 atom stereocenters. The third-order valence-electron chi connectivity index (χ3n) is 1.85. The SMILES string of the molecule is O=C1OC(c2ccccc2)C=C1Cl. The van der Waals surface area contributed by atoms with E-state index in [2.05, 4.69) is 0 Å². The monoisotopic (exact) mass is 194 g/mol. The van der Waals surface area contributed by atoms with Crippen LogP contribution in [0.5, 0.6) is 0 Å². The van der Waals surface area contributed by atoms with Crippen molar-refractivity contribution in [3.63, 3.8) is 0 Å². The molecule has 1 aromatic carbocycles. The van der Waals surface area contributed by atoms with E-state index in [4.69, 9.17) is 16.3 Å². The molecule has 1 aromatic rings. The quantitative estimate of drug-likeness (QED) is 0.642. The van der Waals surface area contributed by atoms with Crippen LogP contribution in [0.2, 0.25) is 0 Å². The molecule has 2 rings (SSSR count). The number of ether oxygens (including phenoxy) is 1. The van der Waals surface area contributed by atoms with Gasteiger partial charge < -0.3 is 4.74 Å². The summed E-state index contributed by atoms with van der Waals surface area (Å²) in [6.45, 7) is 0. The lowest BCUT2D eigenvalue weighted by atomic mass is 10.1. The fourth-order valence-corrected chi connectivity index (χ4v) is 1.37. The van der Waals surface area contributed by atoms with Gasteiger partial charge in [-0.15, -0.1) is 0 Å². The maximum atomic E-state index is 10.9. The summed E-state index contributed by atoms with van der Waals surface area (Å²) in [5.41, 5.74) is 0.937. The topological polar surface area (TPSA) is 26.3 Å². The first-order valence-electron chi connectivity index (χ1n) is 3.90. The normalized spacial score (nSPS) is 21.2. The summed E-state index contributed by atoms with van der Waals surface area (Å²) in [5, 5.41) is 0.161. The van der Waals surface area contributed by atoms with Crippen molar-refractivity contribution in [2.24, 2.45) is 0 Å². The lowest BCUT2D eigenvalue weighted by Gasteiger charge is -2.06. The Morgan fingerprint density at radius 2 is 1.92 bits per heavy atom. The van der Waals surface area contributed by atoms with Gasteiger partial charge in [-0.1, -0.05) is 41.9 Å². The zero-order valence-electron chi connectivity index (χ0n) is 6.74. The van der Waals surface area contributed by atoms with Gasteiger partial charge in [0.1, 0.15) is 11.1 Å². The second-order valence-corrected chi connectivity index (χ2v) is 3.16. The van der Waals surface area contributed by atoms with Crippen molar-refractivity contribution in [2.75, 3.05) is 0 Å². The summed E-state index contributed by atoms with van der Waals surface area (Å²) in [6.07, 6.45) is 1.29.